The molecule has 35 heavy (non-hydrogen) atoms. The molecule has 1 amide bonds. The molecule has 1 aliphatic rings. The van der Waals surface area contributed by atoms with Gasteiger partial charge in [-0.15, -0.1) is 22.7 Å². The molecule has 1 saturated heterocycles. The second-order valence-electron chi connectivity index (χ2n) is 9.39. The zero-order valence-electron chi connectivity index (χ0n) is 21.0. The number of amides is 1. The van der Waals surface area contributed by atoms with E-state index < -0.39 is 0 Å². The van der Waals surface area contributed by atoms with Gasteiger partial charge in [0.1, 0.15) is 17.0 Å². The number of aromatic nitrogens is 4. The van der Waals surface area contributed by atoms with Gasteiger partial charge >= 0.3 is 0 Å². The van der Waals surface area contributed by atoms with Crippen LogP contribution in [0.2, 0.25) is 0 Å². The third-order valence-electron chi connectivity index (χ3n) is 7.14. The number of hydrogen-bond acceptors (Lipinski definition) is 7. The van der Waals surface area contributed by atoms with E-state index in [1.54, 1.807) is 17.7 Å². The Balaban J connectivity index is 1.24. The molecule has 1 N–H and O–H groups in total. The molecule has 184 valence electrons. The van der Waals surface area contributed by atoms with Crippen molar-refractivity contribution in [2.75, 3.05) is 23.3 Å². The van der Waals surface area contributed by atoms with Crippen LogP contribution in [0.3, 0.4) is 0 Å². The lowest BCUT2D eigenvalue weighted by Gasteiger charge is -2.32. The van der Waals surface area contributed by atoms with Gasteiger partial charge in [-0.05, 0) is 58.6 Å². The van der Waals surface area contributed by atoms with Crippen molar-refractivity contribution in [3.05, 3.63) is 39.6 Å². The zero-order chi connectivity index (χ0) is 24.7. The van der Waals surface area contributed by atoms with Crippen LogP contribution in [-0.4, -0.2) is 38.5 Å². The van der Waals surface area contributed by atoms with Crippen molar-refractivity contribution in [2.24, 2.45) is 5.92 Å². The van der Waals surface area contributed by atoms with E-state index >= 15 is 0 Å². The number of piperidine rings is 1. The van der Waals surface area contributed by atoms with Gasteiger partial charge in [0.2, 0.25) is 5.91 Å². The predicted octanol–water partition coefficient (Wildman–Crippen LogP) is 6.12. The Morgan fingerprint density at radius 1 is 1.17 bits per heavy atom. The Labute approximate surface area is 214 Å². The molecule has 0 radical (unpaired) electrons. The van der Waals surface area contributed by atoms with Crippen LogP contribution < -0.4 is 10.2 Å². The number of rotatable bonds is 6. The summed E-state index contributed by atoms with van der Waals surface area (Å²) in [6.45, 7) is 13.4. The molecule has 4 aromatic rings. The minimum Gasteiger partial charge on any atom is -0.356 e. The Hall–Kier alpha value is -2.78. The summed E-state index contributed by atoms with van der Waals surface area (Å²) < 4.78 is 2.34. The first kappa shape index (κ1) is 23.9. The van der Waals surface area contributed by atoms with Crippen molar-refractivity contribution in [2.45, 2.75) is 60.4 Å². The van der Waals surface area contributed by atoms with Gasteiger partial charge in [0.05, 0.1) is 11.1 Å². The fraction of sp³-hybridized carbons (Fsp3) is 0.462. The van der Waals surface area contributed by atoms with Gasteiger partial charge in [0.15, 0.2) is 5.13 Å². The Bertz CT molecular complexity index is 1380. The van der Waals surface area contributed by atoms with E-state index in [1.807, 2.05) is 5.38 Å². The quantitative estimate of drug-likeness (QED) is 0.340. The van der Waals surface area contributed by atoms with E-state index in [-0.39, 0.29) is 11.8 Å². The molecule has 4 aromatic heterocycles. The number of carbonyl (C=O) groups is 1. The second-order valence-corrected chi connectivity index (χ2v) is 11.4. The number of carbonyl (C=O) groups excluding carboxylic acids is 1. The predicted molar refractivity (Wildman–Crippen MR) is 146 cm³/mol. The number of aryl methyl sites for hydroxylation is 3. The average molecular weight is 509 g/mol. The average Bonchev–Trinajstić information content (AvgIpc) is 3.51. The maximum atomic E-state index is 13.0. The minimum atomic E-state index is -0.0177. The molecule has 0 unspecified atom stereocenters. The highest BCUT2D eigenvalue weighted by Gasteiger charge is 2.28. The first-order chi connectivity index (χ1) is 16.9. The summed E-state index contributed by atoms with van der Waals surface area (Å²) in [6, 6.07) is 2.20. The maximum absolute atomic E-state index is 13.0. The standard InChI is InChI=1S/C26H32N6OS2/c1-6-9-32-15(2)12-20(17(32)4)21-13-34-26(29-21)30-24(33)19-7-10-31(11-8-19)23-22-16(3)18(5)35-25(22)28-14-27-23/h12-14,19H,6-11H2,1-5H3,(H,29,30,33). The molecule has 5 rings (SSSR count). The third kappa shape index (κ3) is 4.47. The van der Waals surface area contributed by atoms with Gasteiger partial charge in [0, 0.05) is 52.8 Å². The number of nitrogens with one attached hydrogen (secondary N) is 1. The topological polar surface area (TPSA) is 75.9 Å². The highest BCUT2D eigenvalue weighted by molar-refractivity contribution is 7.18. The lowest BCUT2D eigenvalue weighted by Crippen LogP contribution is -2.38. The van der Waals surface area contributed by atoms with Crippen LogP contribution in [-0.2, 0) is 11.3 Å². The molecule has 0 spiro atoms. The van der Waals surface area contributed by atoms with E-state index in [0.29, 0.717) is 5.13 Å². The van der Waals surface area contributed by atoms with Crippen LogP contribution in [0.5, 0.6) is 0 Å². The van der Waals surface area contributed by atoms with E-state index in [1.165, 1.54) is 33.2 Å². The van der Waals surface area contributed by atoms with E-state index in [2.05, 4.69) is 65.4 Å². The second kappa shape index (κ2) is 9.70. The summed E-state index contributed by atoms with van der Waals surface area (Å²) in [5, 5.41) is 6.96. The molecule has 0 saturated carbocycles. The van der Waals surface area contributed by atoms with Crippen LogP contribution in [0.4, 0.5) is 10.9 Å². The molecular weight excluding hydrogens is 476 g/mol. The minimum absolute atomic E-state index is 0.0177. The van der Waals surface area contributed by atoms with Gasteiger partial charge in [0.25, 0.3) is 0 Å². The molecule has 1 aliphatic heterocycles. The fourth-order valence-corrected chi connectivity index (χ4v) is 6.75. The molecule has 0 bridgehead atoms. The van der Waals surface area contributed by atoms with Crippen LogP contribution in [0, 0.1) is 33.6 Å². The maximum Gasteiger partial charge on any atom is 0.229 e. The lowest BCUT2D eigenvalue weighted by atomic mass is 9.96. The van der Waals surface area contributed by atoms with E-state index in [4.69, 9.17) is 4.98 Å². The number of thiazole rings is 1. The third-order valence-corrected chi connectivity index (χ3v) is 9.01. The van der Waals surface area contributed by atoms with Crippen molar-refractivity contribution in [1.82, 2.24) is 19.5 Å². The highest BCUT2D eigenvalue weighted by Crippen LogP contribution is 2.36. The normalized spacial score (nSPS) is 14.7. The molecule has 5 heterocycles. The Morgan fingerprint density at radius 3 is 2.69 bits per heavy atom. The first-order valence-electron chi connectivity index (χ1n) is 12.3. The van der Waals surface area contributed by atoms with Crippen molar-refractivity contribution >= 4 is 49.7 Å². The first-order valence-corrected chi connectivity index (χ1v) is 14.0. The number of anilines is 2. The van der Waals surface area contributed by atoms with Gasteiger partial charge in [-0.3, -0.25) is 4.79 Å². The molecular formula is C26H32N6OS2. The molecule has 9 heteroatoms. The molecule has 0 aliphatic carbocycles. The number of nitrogens with zero attached hydrogens (tertiary/aromatic N) is 5. The SMILES string of the molecule is CCCn1c(C)cc(-c2csc(NC(=O)C3CCN(c4ncnc5sc(C)c(C)c45)CC3)n2)c1C. The molecule has 0 aromatic carbocycles. The van der Waals surface area contributed by atoms with Crippen LogP contribution in [0.1, 0.15) is 48.0 Å². The van der Waals surface area contributed by atoms with Crippen molar-refractivity contribution in [3.8, 4) is 11.3 Å². The van der Waals surface area contributed by atoms with Crippen molar-refractivity contribution < 1.29 is 4.79 Å². The monoisotopic (exact) mass is 508 g/mol. The highest BCUT2D eigenvalue weighted by atomic mass is 32.1. The van der Waals surface area contributed by atoms with Gasteiger partial charge in [-0.25, -0.2) is 15.0 Å². The van der Waals surface area contributed by atoms with Crippen molar-refractivity contribution in [1.29, 1.82) is 0 Å². The van der Waals surface area contributed by atoms with Gasteiger partial charge < -0.3 is 14.8 Å². The summed E-state index contributed by atoms with van der Waals surface area (Å²) in [4.78, 5) is 31.5. The smallest absolute Gasteiger partial charge is 0.229 e. The van der Waals surface area contributed by atoms with Gasteiger partial charge in [-0.2, -0.15) is 0 Å². The number of fused-ring (bicyclic) bond motifs is 1. The summed E-state index contributed by atoms with van der Waals surface area (Å²) >= 11 is 3.22. The Morgan fingerprint density at radius 2 is 1.94 bits per heavy atom. The summed E-state index contributed by atoms with van der Waals surface area (Å²) in [5.74, 6) is 1.05. The summed E-state index contributed by atoms with van der Waals surface area (Å²) in [6.07, 6.45) is 4.36. The number of hydrogen-bond donors (Lipinski definition) is 1. The van der Waals surface area contributed by atoms with Crippen LogP contribution in [0.25, 0.3) is 21.5 Å². The fourth-order valence-electron chi connectivity index (χ4n) is 5.05. The molecule has 0 atom stereocenters. The van der Waals surface area contributed by atoms with E-state index in [9.17, 15) is 4.79 Å². The molecule has 7 nitrogen and oxygen atoms in total. The van der Waals surface area contributed by atoms with Crippen LogP contribution >= 0.6 is 22.7 Å². The van der Waals surface area contributed by atoms with Gasteiger partial charge in [-0.1, -0.05) is 6.92 Å². The van der Waals surface area contributed by atoms with Crippen LogP contribution in [0.15, 0.2) is 17.8 Å². The largest absolute Gasteiger partial charge is 0.356 e. The Kier molecular flexibility index (Phi) is 6.63. The van der Waals surface area contributed by atoms with Crippen molar-refractivity contribution in [3.63, 3.8) is 0 Å². The summed E-state index contributed by atoms with van der Waals surface area (Å²) in [5.41, 5.74) is 5.82. The lowest BCUT2D eigenvalue weighted by molar-refractivity contribution is -0.120. The summed E-state index contributed by atoms with van der Waals surface area (Å²) in [7, 11) is 0. The molecule has 1 fully saturated rings. The number of thiophene rings is 1. The zero-order valence-corrected chi connectivity index (χ0v) is 22.6. The van der Waals surface area contributed by atoms with E-state index in [0.717, 1.165) is 66.2 Å².